The van der Waals surface area contributed by atoms with Crippen molar-refractivity contribution in [2.24, 2.45) is 0 Å². The van der Waals surface area contributed by atoms with E-state index in [0.717, 1.165) is 4.90 Å². The third-order valence-electron chi connectivity index (χ3n) is 2.90. The third kappa shape index (κ3) is 4.00. The molecule has 6 nitrogen and oxygen atoms in total. The van der Waals surface area contributed by atoms with E-state index in [-0.39, 0.29) is 73.9 Å². The van der Waals surface area contributed by atoms with Gasteiger partial charge in [-0.25, -0.2) is 0 Å². The number of β-lactam (4-membered cyclic amide) rings is 1. The molecule has 2 rings (SSSR count). The summed E-state index contributed by atoms with van der Waals surface area (Å²) in [6.07, 6.45) is 0.640. The molecule has 0 spiro atoms. The van der Waals surface area contributed by atoms with Crippen LogP contribution in [0.3, 0.4) is 0 Å². The molecule has 2 aliphatic heterocycles. The van der Waals surface area contributed by atoms with Crippen LogP contribution in [-0.4, -0.2) is 38.9 Å². The molecule has 0 aromatic rings. The molecular weight excluding hydrogens is 361 g/mol. The van der Waals surface area contributed by atoms with Gasteiger partial charge in [0, 0.05) is 18.6 Å². The van der Waals surface area contributed by atoms with E-state index < -0.39 is 17.9 Å². The number of aliphatic carboxylic acids is 1. The molecule has 21 heavy (non-hydrogen) atoms. The van der Waals surface area contributed by atoms with E-state index in [1.54, 1.807) is 0 Å². The Bertz CT molecular complexity index is 563. The fourth-order valence-corrected chi connectivity index (χ4v) is 3.76. The maximum atomic E-state index is 12.0. The van der Waals surface area contributed by atoms with E-state index in [1.165, 1.54) is 11.8 Å². The van der Waals surface area contributed by atoms with Crippen LogP contribution >= 0.6 is 35.6 Å². The second-order valence-corrected chi connectivity index (χ2v) is 6.21. The molecule has 2 heterocycles. The zero-order chi connectivity index (χ0) is 14.9. The number of rotatable bonds is 4. The molecule has 1 amide bonds. The van der Waals surface area contributed by atoms with Gasteiger partial charge in [-0.05, 0) is 0 Å². The number of carbonyl (C=O) groups is 2. The molecule has 0 aliphatic carbocycles. The number of thiocarbonyl (C=S) groups is 1. The number of halogens is 1. The smallest absolute Gasteiger partial charge is 0.543 e. The number of carboxylic acids is 1. The van der Waals surface area contributed by atoms with Gasteiger partial charge >= 0.3 is 51.4 Å². The van der Waals surface area contributed by atoms with Crippen molar-refractivity contribution in [2.75, 3.05) is 5.75 Å². The number of nitrogens with zero attached hydrogens (tertiary/aromatic N) is 2. The normalized spacial score (nSPS) is 23.4. The fourth-order valence-electron chi connectivity index (χ4n) is 1.99. The van der Waals surface area contributed by atoms with Crippen molar-refractivity contribution in [1.29, 1.82) is 5.26 Å². The first-order chi connectivity index (χ1) is 9.47. The average Bonchev–Trinajstić information content (AvgIpc) is 2.41. The molecule has 1 saturated heterocycles. The van der Waals surface area contributed by atoms with Gasteiger partial charge in [-0.15, -0.1) is 11.8 Å². The van der Waals surface area contributed by atoms with Crippen LogP contribution in [0.1, 0.15) is 12.8 Å². The van der Waals surface area contributed by atoms with Crippen LogP contribution < -0.4 is 61.8 Å². The number of carboxylic acid groups (broad SMARTS) is 1. The maximum Gasteiger partial charge on any atom is 1.00 e. The Labute approximate surface area is 178 Å². The van der Waals surface area contributed by atoms with Gasteiger partial charge in [0.1, 0.15) is 11.4 Å². The van der Waals surface area contributed by atoms with Gasteiger partial charge in [-0.2, -0.15) is 5.26 Å². The summed E-state index contributed by atoms with van der Waals surface area (Å²) in [5, 5.41) is 22.1. The molecule has 1 fully saturated rings. The van der Waals surface area contributed by atoms with Crippen molar-refractivity contribution < 1.29 is 66.1 Å². The van der Waals surface area contributed by atoms with E-state index >= 15 is 0 Å². The summed E-state index contributed by atoms with van der Waals surface area (Å²) < 4.78 is 0. The molecule has 0 radical (unpaired) electrons. The van der Waals surface area contributed by atoms with Crippen molar-refractivity contribution >= 4 is 52.4 Å². The van der Waals surface area contributed by atoms with Crippen LogP contribution in [0.25, 0.3) is 0 Å². The van der Waals surface area contributed by atoms with Crippen molar-refractivity contribution in [1.82, 2.24) is 10.2 Å². The van der Waals surface area contributed by atoms with Gasteiger partial charge in [-0.1, -0.05) is 23.8 Å². The first-order valence-corrected chi connectivity index (χ1v) is 7.52. The SMILES string of the molecule is N#CCCC(=S)NC1C(=O)N2C(C(=O)[O-])=C(Cl)CS[C@H]12.[K+]. The summed E-state index contributed by atoms with van der Waals surface area (Å²) in [6, 6.07) is 1.39. The van der Waals surface area contributed by atoms with Crippen LogP contribution in [0.5, 0.6) is 0 Å². The third-order valence-corrected chi connectivity index (χ3v) is 4.97. The molecule has 2 atom stereocenters. The van der Waals surface area contributed by atoms with E-state index in [9.17, 15) is 14.7 Å². The van der Waals surface area contributed by atoms with Gasteiger partial charge < -0.3 is 15.2 Å². The van der Waals surface area contributed by atoms with Gasteiger partial charge in [0.2, 0.25) is 0 Å². The van der Waals surface area contributed by atoms with Crippen molar-refractivity contribution in [2.45, 2.75) is 24.3 Å². The van der Waals surface area contributed by atoms with Crippen molar-refractivity contribution in [3.8, 4) is 6.07 Å². The summed E-state index contributed by atoms with van der Waals surface area (Å²) in [7, 11) is 0. The Morgan fingerprint density at radius 1 is 1.67 bits per heavy atom. The predicted molar refractivity (Wildman–Crippen MR) is 75.3 cm³/mol. The summed E-state index contributed by atoms with van der Waals surface area (Å²) in [4.78, 5) is 24.6. The molecule has 0 aromatic heterocycles. The van der Waals surface area contributed by atoms with Crippen LogP contribution in [0.4, 0.5) is 0 Å². The Morgan fingerprint density at radius 3 is 2.90 bits per heavy atom. The summed E-state index contributed by atoms with van der Waals surface area (Å²) in [6.45, 7) is 0. The first kappa shape index (κ1) is 19.4. The van der Waals surface area contributed by atoms with E-state index in [2.05, 4.69) is 5.32 Å². The van der Waals surface area contributed by atoms with E-state index in [4.69, 9.17) is 29.1 Å². The number of carbonyl (C=O) groups excluding carboxylic acids is 2. The average molecular weight is 370 g/mol. The maximum absolute atomic E-state index is 12.0. The van der Waals surface area contributed by atoms with Crippen LogP contribution in [0.15, 0.2) is 10.7 Å². The minimum absolute atomic E-state index is 0. The Morgan fingerprint density at radius 2 is 2.33 bits per heavy atom. The molecule has 1 unspecified atom stereocenters. The quantitative estimate of drug-likeness (QED) is 0.315. The minimum atomic E-state index is -1.46. The Balaban J connectivity index is 0.00000220. The molecule has 0 aromatic carbocycles. The topological polar surface area (TPSA) is 96.3 Å². The minimum Gasteiger partial charge on any atom is -0.543 e. The molecule has 0 saturated carbocycles. The number of thioether (sulfide) groups is 1. The second kappa shape index (κ2) is 8.26. The molecule has 1 N–H and O–H groups in total. The first-order valence-electron chi connectivity index (χ1n) is 5.68. The number of amides is 1. The number of fused-ring (bicyclic) bond motifs is 1. The number of hydrogen-bond donors (Lipinski definition) is 1. The number of hydrogen-bond acceptors (Lipinski definition) is 6. The van der Waals surface area contributed by atoms with Gasteiger partial charge in [0.05, 0.1) is 27.8 Å². The molecular formula is C11H9ClKN3O3S2. The molecule has 106 valence electrons. The summed E-state index contributed by atoms with van der Waals surface area (Å²) in [5.74, 6) is -1.55. The molecule has 10 heteroatoms. The van der Waals surface area contributed by atoms with E-state index in [0.29, 0.717) is 17.2 Å². The number of nitrogens with one attached hydrogen (secondary N) is 1. The van der Waals surface area contributed by atoms with Crippen molar-refractivity contribution in [3.05, 3.63) is 10.7 Å². The fraction of sp³-hybridized carbons (Fsp3) is 0.455. The number of nitriles is 1. The largest absolute Gasteiger partial charge is 1.00 e. The van der Waals surface area contributed by atoms with Crippen LogP contribution in [0.2, 0.25) is 0 Å². The zero-order valence-electron chi connectivity index (χ0n) is 11.1. The molecule has 2 aliphatic rings. The standard InChI is InChI=1S/C11H10ClN3O3S2.K/c12-5-4-20-10-7(14-6(19)2-1-3-13)9(16)15(10)8(5)11(17)18;/h7,10H,1-2,4H2,(H,14,19)(H,17,18);/q;+1/p-1/t7?,10-;/m1./s1. The monoisotopic (exact) mass is 369 g/mol. The molecule has 0 bridgehead atoms. The van der Waals surface area contributed by atoms with E-state index in [1.807, 2.05) is 6.07 Å². The summed E-state index contributed by atoms with van der Waals surface area (Å²) in [5.41, 5.74) is -0.263. The van der Waals surface area contributed by atoms with Crippen molar-refractivity contribution in [3.63, 3.8) is 0 Å². The predicted octanol–water partition coefficient (Wildman–Crippen LogP) is -3.30. The zero-order valence-corrected chi connectivity index (χ0v) is 16.6. The van der Waals surface area contributed by atoms with Gasteiger partial charge in [0.15, 0.2) is 0 Å². The summed E-state index contributed by atoms with van der Waals surface area (Å²) >= 11 is 12.2. The van der Waals surface area contributed by atoms with Crippen LogP contribution in [0, 0.1) is 11.3 Å². The van der Waals surface area contributed by atoms with Gasteiger partial charge in [-0.3, -0.25) is 9.69 Å². The van der Waals surface area contributed by atoms with Crippen LogP contribution in [-0.2, 0) is 9.59 Å². The van der Waals surface area contributed by atoms with Gasteiger partial charge in [0.25, 0.3) is 5.91 Å². The second-order valence-electron chi connectivity index (χ2n) is 4.15. The Hall–Kier alpha value is 0.336. The Kier molecular flexibility index (Phi) is 7.63.